The van der Waals surface area contributed by atoms with Crippen LogP contribution < -0.4 is 14.6 Å². The highest BCUT2D eigenvalue weighted by atomic mass is 32.2. The molecule has 0 atom stereocenters. The zero-order valence-corrected chi connectivity index (χ0v) is 12.9. The quantitative estimate of drug-likeness (QED) is 0.636. The molecule has 23 heavy (non-hydrogen) atoms. The van der Waals surface area contributed by atoms with Gasteiger partial charge in [0.2, 0.25) is 10.0 Å². The van der Waals surface area contributed by atoms with Crippen molar-refractivity contribution in [1.29, 1.82) is 0 Å². The summed E-state index contributed by atoms with van der Waals surface area (Å²) in [7, 11) is -2.29. The first kappa shape index (κ1) is 16.7. The van der Waals surface area contributed by atoms with Crippen LogP contribution in [0.1, 0.15) is 5.56 Å². The molecule has 122 valence electrons. The summed E-state index contributed by atoms with van der Waals surface area (Å²) in [4.78, 5) is 10.3. The fourth-order valence-electron chi connectivity index (χ4n) is 1.86. The molecule has 2 rings (SSSR count). The fraction of sp³-hybridized carbons (Fsp3) is 0.143. The molecule has 9 heteroatoms. The summed E-state index contributed by atoms with van der Waals surface area (Å²) in [6.45, 7) is 0. The van der Waals surface area contributed by atoms with Crippen molar-refractivity contribution in [2.24, 2.45) is 5.14 Å². The van der Waals surface area contributed by atoms with E-state index in [2.05, 4.69) is 0 Å². The zero-order chi connectivity index (χ0) is 17.0. The smallest absolute Gasteiger partial charge is 0.273 e. The summed E-state index contributed by atoms with van der Waals surface area (Å²) in [5, 5.41) is 15.9. The van der Waals surface area contributed by atoms with E-state index in [1.165, 1.54) is 19.2 Å². The first-order valence-corrected chi connectivity index (χ1v) is 8.10. The monoisotopic (exact) mass is 338 g/mol. The molecule has 0 spiro atoms. The van der Waals surface area contributed by atoms with Gasteiger partial charge in [-0.1, -0.05) is 0 Å². The normalized spacial score (nSPS) is 11.0. The second-order valence-corrected chi connectivity index (χ2v) is 6.25. The van der Waals surface area contributed by atoms with Crippen molar-refractivity contribution in [2.75, 3.05) is 7.11 Å². The molecule has 0 unspecified atom stereocenters. The number of rotatable bonds is 6. The highest BCUT2D eigenvalue weighted by Crippen LogP contribution is 2.31. The van der Waals surface area contributed by atoms with Crippen molar-refractivity contribution in [3.05, 3.63) is 58.1 Å². The molecule has 0 aliphatic heterocycles. The molecule has 0 fully saturated rings. The number of primary sulfonamides is 1. The van der Waals surface area contributed by atoms with E-state index in [1.54, 1.807) is 24.3 Å². The lowest BCUT2D eigenvalue weighted by Crippen LogP contribution is -2.15. The molecule has 0 heterocycles. The Kier molecular flexibility index (Phi) is 4.82. The highest BCUT2D eigenvalue weighted by Gasteiger charge is 2.16. The van der Waals surface area contributed by atoms with Gasteiger partial charge >= 0.3 is 0 Å². The van der Waals surface area contributed by atoms with Crippen LogP contribution in [-0.2, 0) is 15.8 Å². The number of non-ortho nitro benzene ring substituents is 1. The summed E-state index contributed by atoms with van der Waals surface area (Å²) >= 11 is 0. The number of nitrogens with two attached hydrogens (primary N) is 1. The maximum Gasteiger partial charge on any atom is 0.273 e. The van der Waals surface area contributed by atoms with E-state index < -0.39 is 20.7 Å². The molecule has 2 aromatic rings. The maximum atomic E-state index is 11.3. The van der Waals surface area contributed by atoms with E-state index in [1.807, 2.05) is 0 Å². The van der Waals surface area contributed by atoms with Gasteiger partial charge in [-0.05, 0) is 30.3 Å². The second-order valence-electron chi connectivity index (χ2n) is 4.63. The zero-order valence-electron chi connectivity index (χ0n) is 12.1. The predicted octanol–water partition coefficient (Wildman–Crippen LogP) is 2.18. The predicted molar refractivity (Wildman–Crippen MR) is 83.0 cm³/mol. The van der Waals surface area contributed by atoms with Crippen LogP contribution in [0, 0.1) is 10.1 Å². The molecule has 8 nitrogen and oxygen atoms in total. The Labute approximate surface area is 132 Å². The number of nitro groups is 1. The van der Waals surface area contributed by atoms with Gasteiger partial charge in [-0.15, -0.1) is 0 Å². The van der Waals surface area contributed by atoms with Crippen molar-refractivity contribution >= 4 is 15.7 Å². The number of benzene rings is 2. The third-order valence-electron chi connectivity index (χ3n) is 2.91. The Balaban J connectivity index is 2.39. The molecule has 0 saturated carbocycles. The Morgan fingerprint density at radius 2 is 1.74 bits per heavy atom. The van der Waals surface area contributed by atoms with Crippen LogP contribution in [-0.4, -0.2) is 20.5 Å². The molecule has 0 aromatic heterocycles. The first-order chi connectivity index (χ1) is 10.8. The van der Waals surface area contributed by atoms with E-state index in [9.17, 15) is 18.5 Å². The minimum Gasteiger partial charge on any atom is -0.497 e. The van der Waals surface area contributed by atoms with Crippen LogP contribution in [0.15, 0.2) is 42.5 Å². The molecule has 2 N–H and O–H groups in total. The van der Waals surface area contributed by atoms with Gasteiger partial charge in [-0.25, -0.2) is 13.6 Å². The van der Waals surface area contributed by atoms with Gasteiger partial charge in [0.1, 0.15) is 17.2 Å². The standard InChI is InChI=1S/C14H14N2O6S/c1-21-12-4-6-13(7-5-12)22-14-8-11(16(17)18)3-2-10(14)9-23(15,19)20/h2-8H,9H2,1H3,(H2,15,19,20). The Hall–Kier alpha value is -2.65. The molecule has 0 amide bonds. The summed E-state index contributed by atoms with van der Waals surface area (Å²) in [5.41, 5.74) is 0.0144. The van der Waals surface area contributed by atoms with E-state index >= 15 is 0 Å². The minimum absolute atomic E-state index is 0.0541. The van der Waals surface area contributed by atoms with Crippen molar-refractivity contribution in [3.8, 4) is 17.2 Å². The second kappa shape index (κ2) is 6.63. The van der Waals surface area contributed by atoms with Gasteiger partial charge in [-0.3, -0.25) is 10.1 Å². The molecular weight excluding hydrogens is 324 g/mol. The van der Waals surface area contributed by atoms with Gasteiger partial charge in [0.15, 0.2) is 0 Å². The molecular formula is C14H14N2O6S. The Morgan fingerprint density at radius 3 is 2.26 bits per heavy atom. The summed E-state index contributed by atoms with van der Waals surface area (Å²) in [5.74, 6) is 0.553. The maximum absolute atomic E-state index is 11.3. The molecule has 0 aliphatic rings. The Bertz CT molecular complexity index is 818. The van der Waals surface area contributed by atoms with Gasteiger partial charge in [0, 0.05) is 11.6 Å². The number of hydrogen-bond acceptors (Lipinski definition) is 6. The van der Waals surface area contributed by atoms with Crippen molar-refractivity contribution in [2.45, 2.75) is 5.75 Å². The van der Waals surface area contributed by atoms with Crippen molar-refractivity contribution in [3.63, 3.8) is 0 Å². The van der Waals surface area contributed by atoms with Crippen LogP contribution >= 0.6 is 0 Å². The average Bonchev–Trinajstić information content (AvgIpc) is 2.48. The number of sulfonamides is 1. The minimum atomic E-state index is -3.81. The molecule has 2 aromatic carbocycles. The summed E-state index contributed by atoms with van der Waals surface area (Å²) in [6, 6.07) is 10.1. The van der Waals surface area contributed by atoms with E-state index in [0.717, 1.165) is 6.07 Å². The molecule has 0 radical (unpaired) electrons. The average molecular weight is 338 g/mol. The SMILES string of the molecule is COc1ccc(Oc2cc([N+](=O)[O-])ccc2CS(N)(=O)=O)cc1. The van der Waals surface area contributed by atoms with Gasteiger partial charge in [0.25, 0.3) is 5.69 Å². The van der Waals surface area contributed by atoms with Crippen molar-refractivity contribution in [1.82, 2.24) is 0 Å². The lowest BCUT2D eigenvalue weighted by Gasteiger charge is -2.11. The summed E-state index contributed by atoms with van der Waals surface area (Å²) < 4.78 is 33.1. The third kappa shape index (κ3) is 4.66. The van der Waals surface area contributed by atoms with Crippen LogP contribution in [0.25, 0.3) is 0 Å². The lowest BCUT2D eigenvalue weighted by atomic mass is 10.2. The Morgan fingerprint density at radius 1 is 1.13 bits per heavy atom. The number of ether oxygens (including phenoxy) is 2. The number of nitrogens with zero attached hydrogens (tertiary/aromatic N) is 1. The van der Waals surface area contributed by atoms with Gasteiger partial charge in [-0.2, -0.15) is 0 Å². The summed E-state index contributed by atoms with van der Waals surface area (Å²) in [6.07, 6.45) is 0. The fourth-order valence-corrected chi connectivity index (χ4v) is 2.53. The highest BCUT2D eigenvalue weighted by molar-refractivity contribution is 7.88. The first-order valence-electron chi connectivity index (χ1n) is 6.38. The lowest BCUT2D eigenvalue weighted by molar-refractivity contribution is -0.384. The van der Waals surface area contributed by atoms with E-state index in [-0.39, 0.29) is 17.0 Å². The van der Waals surface area contributed by atoms with Crippen LogP contribution in [0.2, 0.25) is 0 Å². The van der Waals surface area contributed by atoms with E-state index in [0.29, 0.717) is 11.5 Å². The van der Waals surface area contributed by atoms with Crippen molar-refractivity contribution < 1.29 is 22.8 Å². The molecule has 0 saturated heterocycles. The largest absolute Gasteiger partial charge is 0.497 e. The van der Waals surface area contributed by atoms with Crippen LogP contribution in [0.5, 0.6) is 17.2 Å². The number of methoxy groups -OCH3 is 1. The van der Waals surface area contributed by atoms with E-state index in [4.69, 9.17) is 14.6 Å². The molecule has 0 aliphatic carbocycles. The third-order valence-corrected chi connectivity index (χ3v) is 3.62. The number of hydrogen-bond donors (Lipinski definition) is 1. The van der Waals surface area contributed by atoms with Crippen LogP contribution in [0.4, 0.5) is 5.69 Å². The van der Waals surface area contributed by atoms with Crippen LogP contribution in [0.3, 0.4) is 0 Å². The van der Waals surface area contributed by atoms with Gasteiger partial charge < -0.3 is 9.47 Å². The molecule has 0 bridgehead atoms. The topological polar surface area (TPSA) is 122 Å². The number of nitro benzene ring substituents is 1. The van der Waals surface area contributed by atoms with Gasteiger partial charge in [0.05, 0.1) is 23.9 Å².